The zero-order valence-electron chi connectivity index (χ0n) is 13.4. The molecule has 3 heterocycles. The van der Waals surface area contributed by atoms with Crippen LogP contribution < -0.4 is 19.5 Å². The number of aryl methyl sites for hydroxylation is 1. The van der Waals surface area contributed by atoms with Crippen molar-refractivity contribution < 1.29 is 19.0 Å². The van der Waals surface area contributed by atoms with Gasteiger partial charge in [-0.1, -0.05) is 0 Å². The van der Waals surface area contributed by atoms with Crippen molar-refractivity contribution in [2.45, 2.75) is 12.8 Å². The predicted octanol–water partition coefficient (Wildman–Crippen LogP) is 1.43. The number of rotatable bonds is 5. The van der Waals surface area contributed by atoms with Crippen LogP contribution in [0.15, 0.2) is 30.3 Å². The SMILES string of the molecule is COc1ccc2nnc(CCC(=O)Nc3ccc4c(c3)OCO4)n2n1. The van der Waals surface area contributed by atoms with Gasteiger partial charge in [0.1, 0.15) is 0 Å². The Kier molecular flexibility index (Phi) is 3.81. The van der Waals surface area contributed by atoms with Gasteiger partial charge in [0.25, 0.3) is 0 Å². The molecule has 3 aromatic rings. The molecule has 0 aliphatic carbocycles. The number of aromatic nitrogens is 4. The fraction of sp³-hybridized carbons (Fsp3) is 0.250. The van der Waals surface area contributed by atoms with E-state index in [0.29, 0.717) is 41.0 Å². The molecule has 2 aromatic heterocycles. The summed E-state index contributed by atoms with van der Waals surface area (Å²) in [6, 6.07) is 8.73. The number of amides is 1. The van der Waals surface area contributed by atoms with E-state index in [1.165, 1.54) is 7.11 Å². The van der Waals surface area contributed by atoms with Gasteiger partial charge >= 0.3 is 0 Å². The lowest BCUT2D eigenvalue weighted by molar-refractivity contribution is -0.116. The molecule has 1 aliphatic rings. The van der Waals surface area contributed by atoms with Crippen LogP contribution in [0.1, 0.15) is 12.2 Å². The maximum atomic E-state index is 12.2. The number of benzene rings is 1. The Morgan fingerprint density at radius 2 is 2.12 bits per heavy atom. The summed E-state index contributed by atoms with van der Waals surface area (Å²) < 4.78 is 17.2. The summed E-state index contributed by atoms with van der Waals surface area (Å²) in [6.07, 6.45) is 0.645. The van der Waals surface area contributed by atoms with Gasteiger partial charge < -0.3 is 19.5 Å². The van der Waals surface area contributed by atoms with E-state index >= 15 is 0 Å². The first kappa shape index (κ1) is 15.2. The quantitative estimate of drug-likeness (QED) is 0.749. The van der Waals surface area contributed by atoms with E-state index in [0.717, 1.165) is 0 Å². The van der Waals surface area contributed by atoms with E-state index < -0.39 is 0 Å². The molecule has 0 bridgehead atoms. The standard InChI is InChI=1S/C16H15N5O4/c1-23-16-7-5-14-19-18-13(21(14)20-16)4-6-15(22)17-10-2-3-11-12(8-10)25-9-24-11/h2-3,5,7-8H,4,6,9H2,1H3,(H,17,22). The van der Waals surface area contributed by atoms with Crippen molar-refractivity contribution >= 4 is 17.2 Å². The number of hydrogen-bond donors (Lipinski definition) is 1. The first-order valence-electron chi connectivity index (χ1n) is 7.68. The molecule has 1 aromatic carbocycles. The topological polar surface area (TPSA) is 99.9 Å². The minimum atomic E-state index is -0.140. The molecule has 25 heavy (non-hydrogen) atoms. The Hall–Kier alpha value is -3.36. The predicted molar refractivity (Wildman–Crippen MR) is 86.8 cm³/mol. The molecule has 4 rings (SSSR count). The lowest BCUT2D eigenvalue weighted by atomic mass is 10.2. The van der Waals surface area contributed by atoms with Gasteiger partial charge in [0, 0.05) is 30.7 Å². The molecular weight excluding hydrogens is 326 g/mol. The highest BCUT2D eigenvalue weighted by atomic mass is 16.7. The molecule has 1 amide bonds. The Balaban J connectivity index is 1.42. The summed E-state index contributed by atoms with van der Waals surface area (Å²) >= 11 is 0. The summed E-state index contributed by atoms with van der Waals surface area (Å²) in [5.74, 6) is 2.21. The van der Waals surface area contributed by atoms with Crippen molar-refractivity contribution in [2.75, 3.05) is 19.2 Å². The van der Waals surface area contributed by atoms with Gasteiger partial charge in [-0.2, -0.15) is 4.52 Å². The second kappa shape index (κ2) is 6.27. The number of anilines is 1. The zero-order valence-corrected chi connectivity index (χ0v) is 13.4. The van der Waals surface area contributed by atoms with Crippen LogP contribution in [-0.2, 0) is 11.2 Å². The van der Waals surface area contributed by atoms with Crippen molar-refractivity contribution in [1.82, 2.24) is 19.8 Å². The molecule has 0 spiro atoms. The Morgan fingerprint density at radius 3 is 3.00 bits per heavy atom. The Morgan fingerprint density at radius 1 is 1.24 bits per heavy atom. The summed E-state index contributed by atoms with van der Waals surface area (Å²) in [6.45, 7) is 0.198. The lowest BCUT2D eigenvalue weighted by Gasteiger charge is -2.06. The van der Waals surface area contributed by atoms with Crippen molar-refractivity contribution in [3.63, 3.8) is 0 Å². The third-order valence-electron chi connectivity index (χ3n) is 3.74. The fourth-order valence-corrected chi connectivity index (χ4v) is 2.50. The van der Waals surface area contributed by atoms with E-state index in [2.05, 4.69) is 20.6 Å². The lowest BCUT2D eigenvalue weighted by Crippen LogP contribution is -2.13. The summed E-state index contributed by atoms with van der Waals surface area (Å²) in [4.78, 5) is 12.2. The second-order valence-corrected chi connectivity index (χ2v) is 5.38. The first-order chi connectivity index (χ1) is 12.2. The molecule has 1 N–H and O–H groups in total. The molecule has 0 fully saturated rings. The minimum absolute atomic E-state index is 0.140. The van der Waals surface area contributed by atoms with Gasteiger partial charge in [-0.05, 0) is 18.2 Å². The molecule has 0 saturated heterocycles. The molecular formula is C16H15N5O4. The number of hydrogen-bond acceptors (Lipinski definition) is 7. The van der Waals surface area contributed by atoms with E-state index in [9.17, 15) is 4.79 Å². The van der Waals surface area contributed by atoms with E-state index in [-0.39, 0.29) is 19.1 Å². The highest BCUT2D eigenvalue weighted by molar-refractivity contribution is 5.91. The number of fused-ring (bicyclic) bond motifs is 2. The summed E-state index contributed by atoms with van der Waals surface area (Å²) in [5.41, 5.74) is 1.26. The van der Waals surface area contributed by atoms with E-state index in [1.807, 2.05) is 0 Å². The number of nitrogens with one attached hydrogen (secondary N) is 1. The van der Waals surface area contributed by atoms with Crippen LogP contribution in [0.3, 0.4) is 0 Å². The van der Waals surface area contributed by atoms with Crippen molar-refractivity contribution in [2.24, 2.45) is 0 Å². The maximum absolute atomic E-state index is 12.2. The molecule has 0 atom stereocenters. The Labute approximate surface area is 142 Å². The van der Waals surface area contributed by atoms with Crippen molar-refractivity contribution in [1.29, 1.82) is 0 Å². The van der Waals surface area contributed by atoms with Crippen LogP contribution in [0.5, 0.6) is 17.4 Å². The average Bonchev–Trinajstić information content (AvgIpc) is 3.25. The molecule has 0 unspecified atom stereocenters. The highest BCUT2D eigenvalue weighted by Gasteiger charge is 2.15. The molecule has 128 valence electrons. The van der Waals surface area contributed by atoms with Gasteiger partial charge in [0.05, 0.1) is 7.11 Å². The van der Waals surface area contributed by atoms with Crippen LogP contribution >= 0.6 is 0 Å². The first-order valence-corrected chi connectivity index (χ1v) is 7.68. The van der Waals surface area contributed by atoms with Gasteiger partial charge in [-0.3, -0.25) is 4.79 Å². The van der Waals surface area contributed by atoms with Crippen LogP contribution in [0.2, 0.25) is 0 Å². The van der Waals surface area contributed by atoms with Crippen molar-refractivity contribution in [3.8, 4) is 17.4 Å². The number of carbonyl (C=O) groups is 1. The number of methoxy groups -OCH3 is 1. The molecule has 0 radical (unpaired) electrons. The summed E-state index contributed by atoms with van der Waals surface area (Å²) in [5, 5.41) is 15.2. The smallest absolute Gasteiger partial charge is 0.231 e. The van der Waals surface area contributed by atoms with Crippen LogP contribution in [-0.4, -0.2) is 39.6 Å². The van der Waals surface area contributed by atoms with E-state index in [4.69, 9.17) is 14.2 Å². The van der Waals surface area contributed by atoms with Crippen LogP contribution in [0.4, 0.5) is 5.69 Å². The van der Waals surface area contributed by atoms with E-state index in [1.54, 1.807) is 34.8 Å². The van der Waals surface area contributed by atoms with Gasteiger partial charge in [-0.25, -0.2) is 0 Å². The molecule has 0 saturated carbocycles. The largest absolute Gasteiger partial charge is 0.480 e. The summed E-state index contributed by atoms with van der Waals surface area (Å²) in [7, 11) is 1.54. The molecule has 9 nitrogen and oxygen atoms in total. The highest BCUT2D eigenvalue weighted by Crippen LogP contribution is 2.34. The van der Waals surface area contributed by atoms with Crippen molar-refractivity contribution in [3.05, 3.63) is 36.2 Å². The van der Waals surface area contributed by atoms with Crippen LogP contribution in [0.25, 0.3) is 5.65 Å². The third kappa shape index (κ3) is 3.03. The normalized spacial score (nSPS) is 12.4. The average molecular weight is 341 g/mol. The minimum Gasteiger partial charge on any atom is -0.480 e. The number of ether oxygens (including phenoxy) is 3. The van der Waals surface area contributed by atoms with Gasteiger partial charge in [0.2, 0.25) is 18.6 Å². The van der Waals surface area contributed by atoms with Gasteiger partial charge in [-0.15, -0.1) is 15.3 Å². The van der Waals surface area contributed by atoms with Gasteiger partial charge in [0.15, 0.2) is 23.0 Å². The zero-order chi connectivity index (χ0) is 17.2. The molecule has 1 aliphatic heterocycles. The maximum Gasteiger partial charge on any atom is 0.231 e. The Bertz CT molecular complexity index is 939. The number of carbonyl (C=O) groups excluding carboxylic acids is 1. The fourth-order valence-electron chi connectivity index (χ4n) is 2.50. The molecule has 9 heteroatoms. The monoisotopic (exact) mass is 341 g/mol. The third-order valence-corrected chi connectivity index (χ3v) is 3.74. The van der Waals surface area contributed by atoms with Crippen LogP contribution in [0, 0.1) is 0 Å². The number of nitrogens with zero attached hydrogens (tertiary/aromatic N) is 4. The second-order valence-electron chi connectivity index (χ2n) is 5.38.